The van der Waals surface area contributed by atoms with E-state index in [2.05, 4.69) is 0 Å². The molecule has 8 nitrogen and oxygen atoms in total. The zero-order chi connectivity index (χ0) is 19.2. The molecular formula is C14H10F4N3O5-. The molecule has 26 heavy (non-hydrogen) atoms. The Morgan fingerprint density at radius 2 is 2.00 bits per heavy atom. The summed E-state index contributed by atoms with van der Waals surface area (Å²) in [5, 5.41) is 21.3. The molecule has 0 bridgehead atoms. The first-order valence-corrected chi connectivity index (χ1v) is 7.06. The van der Waals surface area contributed by atoms with Crippen molar-refractivity contribution >= 4 is 0 Å². The van der Waals surface area contributed by atoms with E-state index < -0.39 is 48.4 Å². The van der Waals surface area contributed by atoms with E-state index >= 15 is 0 Å². The summed E-state index contributed by atoms with van der Waals surface area (Å²) >= 11 is 0. The highest BCUT2D eigenvalue weighted by molar-refractivity contribution is 5.41. The number of hydroxylamine groups is 2. The molecule has 0 saturated carbocycles. The maximum absolute atomic E-state index is 14.2. The third-order valence-electron chi connectivity index (χ3n) is 3.73. The summed E-state index contributed by atoms with van der Waals surface area (Å²) in [7, 11) is 0. The van der Waals surface area contributed by atoms with E-state index in [1.54, 1.807) is 0 Å². The molecular weight excluding hydrogens is 366 g/mol. The van der Waals surface area contributed by atoms with Gasteiger partial charge >= 0.3 is 11.9 Å². The summed E-state index contributed by atoms with van der Waals surface area (Å²) < 4.78 is 57.2. The summed E-state index contributed by atoms with van der Waals surface area (Å²) in [5.41, 5.74) is -4.60. The molecule has 1 aromatic heterocycles. The van der Waals surface area contributed by atoms with Crippen molar-refractivity contribution < 1.29 is 27.4 Å². The van der Waals surface area contributed by atoms with Crippen LogP contribution < -0.4 is 16.0 Å². The first-order valence-electron chi connectivity index (χ1n) is 7.06. The largest absolute Gasteiger partial charge is 0.781 e. The standard InChI is InChI=1S/C14H10F4N3O5/c15-8-2-9-7(12(23)21(25)5-26-9)1-6(8)4-20-11(22)3-10(14(16,17)18)19-13(20)24/h1-3,12,23H,4-5H2,(H,19,24)/q-1. The molecule has 140 valence electrons. The predicted molar refractivity (Wildman–Crippen MR) is 77.5 cm³/mol. The number of fused-ring (bicyclic) bond motifs is 1. The Hall–Kier alpha value is -2.70. The molecule has 1 unspecified atom stereocenters. The predicted octanol–water partition coefficient (Wildman–Crippen LogP) is 0.883. The number of rotatable bonds is 2. The molecule has 0 fully saturated rings. The van der Waals surface area contributed by atoms with Gasteiger partial charge in [-0.05, 0) is 6.07 Å². The van der Waals surface area contributed by atoms with E-state index in [1.165, 1.54) is 4.98 Å². The minimum absolute atomic E-state index is 0.0977. The van der Waals surface area contributed by atoms with Crippen LogP contribution in [0.3, 0.4) is 0 Å². The molecule has 12 heteroatoms. The van der Waals surface area contributed by atoms with Crippen LogP contribution in [0.2, 0.25) is 0 Å². The Morgan fingerprint density at radius 1 is 1.31 bits per heavy atom. The van der Waals surface area contributed by atoms with Gasteiger partial charge in [0, 0.05) is 23.3 Å². The van der Waals surface area contributed by atoms with Gasteiger partial charge in [-0.15, -0.1) is 0 Å². The highest BCUT2D eigenvalue weighted by Crippen LogP contribution is 2.34. The number of nitrogens with one attached hydrogen (secondary N) is 1. The number of nitrogens with zero attached hydrogens (tertiary/aromatic N) is 2. The number of aromatic nitrogens is 2. The van der Waals surface area contributed by atoms with E-state index in [4.69, 9.17) is 4.74 Å². The fourth-order valence-corrected chi connectivity index (χ4v) is 2.42. The molecule has 1 atom stereocenters. The van der Waals surface area contributed by atoms with Crippen LogP contribution in [0.1, 0.15) is 23.0 Å². The first kappa shape index (κ1) is 18.1. The SMILES string of the molecule is O=c1cc(C(F)(F)F)[nH]c(=O)n1Cc1cc2c(cc1F)OCN([O-])C2O. The van der Waals surface area contributed by atoms with Crippen LogP contribution in [0.25, 0.3) is 0 Å². The monoisotopic (exact) mass is 376 g/mol. The number of hydrogen-bond donors (Lipinski definition) is 2. The average molecular weight is 376 g/mol. The summed E-state index contributed by atoms with van der Waals surface area (Å²) in [6.07, 6.45) is -6.58. The summed E-state index contributed by atoms with van der Waals surface area (Å²) in [5.74, 6) is -1.03. The number of aliphatic hydroxyl groups is 1. The zero-order valence-corrected chi connectivity index (χ0v) is 12.7. The number of alkyl halides is 3. The van der Waals surface area contributed by atoms with E-state index in [1.807, 2.05) is 0 Å². The van der Waals surface area contributed by atoms with Gasteiger partial charge in [-0.2, -0.15) is 13.2 Å². The van der Waals surface area contributed by atoms with Crippen molar-refractivity contribution in [3.8, 4) is 5.75 Å². The number of aliphatic hydroxyl groups excluding tert-OH is 1. The third kappa shape index (κ3) is 3.21. The van der Waals surface area contributed by atoms with E-state index in [0.717, 1.165) is 12.1 Å². The van der Waals surface area contributed by atoms with Crippen molar-refractivity contribution in [1.29, 1.82) is 0 Å². The second-order valence-corrected chi connectivity index (χ2v) is 5.46. The molecule has 2 aromatic rings. The van der Waals surface area contributed by atoms with Crippen molar-refractivity contribution in [3.05, 3.63) is 66.9 Å². The second kappa shape index (κ2) is 6.23. The van der Waals surface area contributed by atoms with E-state index in [9.17, 15) is 37.5 Å². The Labute approximate surface area is 141 Å². The van der Waals surface area contributed by atoms with Gasteiger partial charge in [0.2, 0.25) is 0 Å². The number of halogens is 4. The van der Waals surface area contributed by atoms with Crippen molar-refractivity contribution in [2.24, 2.45) is 0 Å². The van der Waals surface area contributed by atoms with E-state index in [0.29, 0.717) is 4.57 Å². The normalized spacial score (nSPS) is 17.7. The highest BCUT2D eigenvalue weighted by Gasteiger charge is 2.33. The van der Waals surface area contributed by atoms with Crippen molar-refractivity contribution in [3.63, 3.8) is 0 Å². The highest BCUT2D eigenvalue weighted by atomic mass is 19.4. The van der Waals surface area contributed by atoms with Gasteiger partial charge in [-0.3, -0.25) is 9.36 Å². The molecule has 0 amide bonds. The summed E-state index contributed by atoms with van der Waals surface area (Å²) in [6, 6.07) is 2.03. The minimum Gasteiger partial charge on any atom is -0.781 e. The fourth-order valence-electron chi connectivity index (χ4n) is 2.42. The fraction of sp³-hybridized carbons (Fsp3) is 0.286. The number of H-pyrrole nitrogens is 1. The van der Waals surface area contributed by atoms with Crippen LogP contribution in [-0.2, 0) is 12.7 Å². The van der Waals surface area contributed by atoms with Crippen molar-refractivity contribution in [2.45, 2.75) is 18.9 Å². The lowest BCUT2D eigenvalue weighted by Crippen LogP contribution is -2.37. The van der Waals surface area contributed by atoms with Gasteiger partial charge in [0.05, 0.1) is 6.54 Å². The molecule has 1 aromatic carbocycles. The van der Waals surface area contributed by atoms with Crippen LogP contribution in [-0.4, -0.2) is 26.5 Å². The lowest BCUT2D eigenvalue weighted by atomic mass is 10.1. The maximum atomic E-state index is 14.2. The number of ether oxygens (including phenoxy) is 1. The molecule has 0 saturated heterocycles. The molecule has 3 rings (SSSR count). The average Bonchev–Trinajstić information content (AvgIpc) is 2.54. The van der Waals surface area contributed by atoms with Crippen LogP contribution in [0.4, 0.5) is 17.6 Å². The van der Waals surface area contributed by atoms with Gasteiger partial charge in [0.15, 0.2) is 0 Å². The quantitative estimate of drug-likeness (QED) is 0.753. The Kier molecular flexibility index (Phi) is 4.34. The molecule has 2 heterocycles. The van der Waals surface area contributed by atoms with Gasteiger partial charge < -0.3 is 25.1 Å². The van der Waals surface area contributed by atoms with Gasteiger partial charge in [-0.1, -0.05) is 0 Å². The van der Waals surface area contributed by atoms with Crippen molar-refractivity contribution in [2.75, 3.05) is 6.73 Å². The Morgan fingerprint density at radius 3 is 2.62 bits per heavy atom. The topological polar surface area (TPSA) is 111 Å². The Bertz CT molecular complexity index is 937. The smallest absolute Gasteiger partial charge is 0.431 e. The summed E-state index contributed by atoms with van der Waals surface area (Å²) in [6.45, 7) is -1.23. The van der Waals surface area contributed by atoms with Gasteiger partial charge in [0.1, 0.15) is 30.2 Å². The van der Waals surface area contributed by atoms with E-state index in [-0.39, 0.29) is 28.0 Å². The van der Waals surface area contributed by atoms with Crippen LogP contribution in [0.5, 0.6) is 5.75 Å². The maximum Gasteiger partial charge on any atom is 0.431 e. The Balaban J connectivity index is 2.03. The first-order chi connectivity index (χ1) is 12.1. The second-order valence-electron chi connectivity index (χ2n) is 5.46. The van der Waals surface area contributed by atoms with Crippen LogP contribution in [0, 0.1) is 11.0 Å². The molecule has 0 spiro atoms. The molecule has 0 radical (unpaired) electrons. The number of benzene rings is 1. The zero-order valence-electron chi connectivity index (χ0n) is 12.7. The third-order valence-corrected chi connectivity index (χ3v) is 3.73. The van der Waals surface area contributed by atoms with Gasteiger partial charge in [0.25, 0.3) is 5.56 Å². The molecule has 1 aliphatic rings. The lowest BCUT2D eigenvalue weighted by molar-refractivity contribution is -0.141. The number of aromatic amines is 1. The molecule has 1 aliphatic heterocycles. The number of hydrogen-bond acceptors (Lipinski definition) is 6. The molecule has 2 N–H and O–H groups in total. The van der Waals surface area contributed by atoms with Gasteiger partial charge in [-0.25, -0.2) is 9.18 Å². The van der Waals surface area contributed by atoms with Crippen LogP contribution >= 0.6 is 0 Å². The lowest BCUT2D eigenvalue weighted by Gasteiger charge is -2.38. The molecule has 0 aliphatic carbocycles. The van der Waals surface area contributed by atoms with Crippen molar-refractivity contribution in [1.82, 2.24) is 14.6 Å². The van der Waals surface area contributed by atoms with Crippen LogP contribution in [0.15, 0.2) is 27.8 Å². The minimum atomic E-state index is -4.92. The summed E-state index contributed by atoms with van der Waals surface area (Å²) in [4.78, 5) is 25.1.